The second-order valence-electron chi connectivity index (χ2n) is 4.85. The maximum Gasteiger partial charge on any atom is 0.0958 e. The molecule has 0 saturated carbocycles. The third-order valence-corrected chi connectivity index (χ3v) is 5.06. The van der Waals surface area contributed by atoms with Gasteiger partial charge in [-0.2, -0.15) is 11.8 Å². The number of hydrogen-bond donors (Lipinski definition) is 1. The van der Waals surface area contributed by atoms with E-state index in [0.717, 1.165) is 24.3 Å². The average Bonchev–Trinajstić information content (AvgIpc) is 2.74. The molecule has 3 atom stereocenters. The van der Waals surface area contributed by atoms with Gasteiger partial charge in [-0.3, -0.25) is 0 Å². The smallest absolute Gasteiger partial charge is 0.0958 e. The average molecular weight is 252 g/mol. The summed E-state index contributed by atoms with van der Waals surface area (Å²) in [5.74, 6) is 0.718. The van der Waals surface area contributed by atoms with Crippen LogP contribution in [0.25, 0.3) is 0 Å². The van der Waals surface area contributed by atoms with Crippen molar-refractivity contribution in [2.45, 2.75) is 37.2 Å². The number of hydrogen-bond acceptors (Lipinski definition) is 3. The Morgan fingerprint density at radius 1 is 1.41 bits per heavy atom. The van der Waals surface area contributed by atoms with Crippen molar-refractivity contribution < 1.29 is 9.84 Å². The zero-order valence-electron chi connectivity index (χ0n) is 10.4. The maximum absolute atomic E-state index is 10.5. The molecule has 0 aliphatic carbocycles. The highest BCUT2D eigenvalue weighted by Crippen LogP contribution is 2.32. The molecule has 0 radical (unpaired) electrons. The fourth-order valence-corrected chi connectivity index (χ4v) is 3.40. The van der Waals surface area contributed by atoms with E-state index in [-0.39, 0.29) is 0 Å². The molecule has 1 heterocycles. The van der Waals surface area contributed by atoms with Crippen molar-refractivity contribution in [3.05, 3.63) is 35.9 Å². The zero-order valence-corrected chi connectivity index (χ0v) is 11.2. The number of aliphatic hydroxyl groups is 1. The Labute approximate surface area is 107 Å². The molecule has 1 N–H and O–H groups in total. The van der Waals surface area contributed by atoms with Crippen molar-refractivity contribution in [2.75, 3.05) is 12.4 Å². The summed E-state index contributed by atoms with van der Waals surface area (Å²) in [4.78, 5) is 0. The summed E-state index contributed by atoms with van der Waals surface area (Å²) in [6.07, 6.45) is 1.41. The molecule has 1 saturated heterocycles. The van der Waals surface area contributed by atoms with Gasteiger partial charge >= 0.3 is 0 Å². The monoisotopic (exact) mass is 252 g/mol. The highest BCUT2D eigenvalue weighted by molar-refractivity contribution is 8.00. The molecule has 17 heavy (non-hydrogen) atoms. The number of thioether (sulfide) groups is 1. The van der Waals surface area contributed by atoms with Crippen LogP contribution in [-0.4, -0.2) is 28.8 Å². The molecule has 0 amide bonds. The van der Waals surface area contributed by atoms with Crippen LogP contribution in [0.15, 0.2) is 30.3 Å². The Balaban J connectivity index is 1.93. The SMILES string of the molecule is CC1OCCC1SCC(C)(O)c1ccccc1. The zero-order chi connectivity index (χ0) is 12.3. The van der Waals surface area contributed by atoms with E-state index in [0.29, 0.717) is 11.4 Å². The Morgan fingerprint density at radius 3 is 2.71 bits per heavy atom. The summed E-state index contributed by atoms with van der Waals surface area (Å²) < 4.78 is 5.53. The van der Waals surface area contributed by atoms with Gasteiger partial charge in [-0.15, -0.1) is 0 Å². The van der Waals surface area contributed by atoms with E-state index < -0.39 is 5.60 Å². The fourth-order valence-electron chi connectivity index (χ4n) is 2.08. The standard InChI is InChI=1S/C14H20O2S/c1-11-13(8-9-16-11)17-10-14(2,15)12-6-4-3-5-7-12/h3-7,11,13,15H,8-10H2,1-2H3. The molecule has 1 aliphatic rings. The molecule has 0 spiro atoms. The first kappa shape index (κ1) is 12.9. The minimum atomic E-state index is -0.756. The van der Waals surface area contributed by atoms with Gasteiger partial charge in [0, 0.05) is 17.6 Å². The van der Waals surface area contributed by atoms with Crippen molar-refractivity contribution in [1.82, 2.24) is 0 Å². The molecule has 0 aromatic heterocycles. The number of ether oxygens (including phenoxy) is 1. The summed E-state index contributed by atoms with van der Waals surface area (Å²) in [6.45, 7) is 4.85. The second-order valence-corrected chi connectivity index (χ2v) is 6.08. The van der Waals surface area contributed by atoms with E-state index in [1.807, 2.05) is 49.0 Å². The van der Waals surface area contributed by atoms with Gasteiger partial charge in [-0.25, -0.2) is 0 Å². The molecule has 94 valence electrons. The Bertz CT molecular complexity index is 350. The van der Waals surface area contributed by atoms with Crippen LogP contribution < -0.4 is 0 Å². The third-order valence-electron chi connectivity index (χ3n) is 3.28. The van der Waals surface area contributed by atoms with Crippen LogP contribution in [0.5, 0.6) is 0 Å². The largest absolute Gasteiger partial charge is 0.385 e. The molecule has 2 rings (SSSR count). The Morgan fingerprint density at radius 2 is 2.12 bits per heavy atom. The van der Waals surface area contributed by atoms with Crippen LogP contribution >= 0.6 is 11.8 Å². The Hall–Kier alpha value is -0.510. The quantitative estimate of drug-likeness (QED) is 0.893. The van der Waals surface area contributed by atoms with Crippen molar-refractivity contribution in [3.63, 3.8) is 0 Å². The lowest BCUT2D eigenvalue weighted by molar-refractivity contribution is 0.0835. The van der Waals surface area contributed by atoms with Gasteiger partial charge in [0.2, 0.25) is 0 Å². The van der Waals surface area contributed by atoms with Crippen molar-refractivity contribution >= 4 is 11.8 Å². The first-order chi connectivity index (χ1) is 8.09. The molecule has 3 unspecified atom stereocenters. The minimum Gasteiger partial charge on any atom is -0.385 e. The highest BCUT2D eigenvalue weighted by Gasteiger charge is 2.29. The lowest BCUT2D eigenvalue weighted by Gasteiger charge is -2.25. The van der Waals surface area contributed by atoms with Gasteiger partial charge in [0.1, 0.15) is 0 Å². The van der Waals surface area contributed by atoms with Gasteiger partial charge in [0.15, 0.2) is 0 Å². The topological polar surface area (TPSA) is 29.5 Å². The first-order valence-electron chi connectivity index (χ1n) is 6.11. The molecule has 1 fully saturated rings. The lowest BCUT2D eigenvalue weighted by Crippen LogP contribution is -2.27. The van der Waals surface area contributed by atoms with E-state index in [1.165, 1.54) is 0 Å². The van der Waals surface area contributed by atoms with Gasteiger partial charge in [-0.05, 0) is 25.8 Å². The minimum absolute atomic E-state index is 0.312. The van der Waals surface area contributed by atoms with E-state index >= 15 is 0 Å². The van der Waals surface area contributed by atoms with Crippen LogP contribution in [0.1, 0.15) is 25.8 Å². The van der Waals surface area contributed by atoms with E-state index in [4.69, 9.17) is 4.74 Å². The van der Waals surface area contributed by atoms with Gasteiger partial charge in [0.05, 0.1) is 11.7 Å². The normalized spacial score (nSPS) is 27.9. The van der Waals surface area contributed by atoms with Crippen LogP contribution in [0.2, 0.25) is 0 Å². The number of rotatable bonds is 4. The molecule has 0 bridgehead atoms. The predicted molar refractivity (Wildman–Crippen MR) is 72.3 cm³/mol. The summed E-state index contributed by atoms with van der Waals surface area (Å²) in [5, 5.41) is 11.0. The van der Waals surface area contributed by atoms with E-state index in [9.17, 15) is 5.11 Å². The molecule has 3 heteroatoms. The fraction of sp³-hybridized carbons (Fsp3) is 0.571. The molecule has 2 nitrogen and oxygen atoms in total. The summed E-state index contributed by atoms with van der Waals surface area (Å²) >= 11 is 1.82. The molecule has 1 aromatic carbocycles. The van der Waals surface area contributed by atoms with Crippen molar-refractivity contribution in [3.8, 4) is 0 Å². The summed E-state index contributed by atoms with van der Waals surface area (Å²) in [7, 11) is 0. The maximum atomic E-state index is 10.5. The summed E-state index contributed by atoms with van der Waals surface area (Å²) in [6, 6.07) is 9.87. The second kappa shape index (κ2) is 5.42. The Kier molecular flexibility index (Phi) is 4.13. The molecular formula is C14H20O2S. The molecule has 1 aromatic rings. The van der Waals surface area contributed by atoms with Gasteiger partial charge in [0.25, 0.3) is 0 Å². The summed E-state index contributed by atoms with van der Waals surface area (Å²) in [5.41, 5.74) is 0.230. The van der Waals surface area contributed by atoms with Gasteiger partial charge < -0.3 is 9.84 Å². The van der Waals surface area contributed by atoms with Crippen LogP contribution in [0, 0.1) is 0 Å². The van der Waals surface area contributed by atoms with Crippen LogP contribution in [-0.2, 0) is 10.3 Å². The highest BCUT2D eigenvalue weighted by atomic mass is 32.2. The molecule has 1 aliphatic heterocycles. The predicted octanol–water partition coefficient (Wildman–Crippen LogP) is 2.80. The van der Waals surface area contributed by atoms with E-state index in [1.54, 1.807) is 0 Å². The van der Waals surface area contributed by atoms with Crippen LogP contribution in [0.4, 0.5) is 0 Å². The van der Waals surface area contributed by atoms with Crippen molar-refractivity contribution in [2.24, 2.45) is 0 Å². The lowest BCUT2D eigenvalue weighted by atomic mass is 9.99. The van der Waals surface area contributed by atoms with Gasteiger partial charge in [-0.1, -0.05) is 30.3 Å². The number of benzene rings is 1. The molecular weight excluding hydrogens is 232 g/mol. The van der Waals surface area contributed by atoms with Crippen molar-refractivity contribution in [1.29, 1.82) is 0 Å². The first-order valence-corrected chi connectivity index (χ1v) is 7.15. The van der Waals surface area contributed by atoms with Crippen LogP contribution in [0.3, 0.4) is 0 Å². The third kappa shape index (κ3) is 3.24. The van der Waals surface area contributed by atoms with E-state index in [2.05, 4.69) is 6.92 Å².